The summed E-state index contributed by atoms with van der Waals surface area (Å²) in [5.41, 5.74) is 7.63. The highest BCUT2D eigenvalue weighted by atomic mass is 14.6. The summed E-state index contributed by atoms with van der Waals surface area (Å²) in [5, 5.41) is 0. The molecule has 20 heavy (non-hydrogen) atoms. The highest BCUT2D eigenvalue weighted by Gasteiger charge is 2.29. The first-order valence-electron chi connectivity index (χ1n) is 8.56. The molecule has 1 aliphatic carbocycles. The molecule has 1 fully saturated rings. The number of hydrogen-bond donors (Lipinski definition) is 1. The van der Waals surface area contributed by atoms with Crippen LogP contribution in [0.15, 0.2) is 24.8 Å². The molecule has 2 N–H and O–H groups in total. The summed E-state index contributed by atoms with van der Waals surface area (Å²) in [4.78, 5) is 0. The lowest BCUT2D eigenvalue weighted by Crippen LogP contribution is -2.24. The summed E-state index contributed by atoms with van der Waals surface area (Å²) >= 11 is 0. The van der Waals surface area contributed by atoms with Gasteiger partial charge in [0.2, 0.25) is 0 Å². The molecule has 0 heterocycles. The van der Waals surface area contributed by atoms with E-state index < -0.39 is 0 Å². The Morgan fingerprint density at radius 1 is 1.30 bits per heavy atom. The molecule has 1 rings (SSSR count). The summed E-state index contributed by atoms with van der Waals surface area (Å²) < 4.78 is 0. The molecule has 0 aromatic carbocycles. The van der Waals surface area contributed by atoms with Gasteiger partial charge < -0.3 is 5.73 Å². The topological polar surface area (TPSA) is 26.0 Å². The van der Waals surface area contributed by atoms with Crippen LogP contribution in [0, 0.1) is 23.7 Å². The van der Waals surface area contributed by atoms with E-state index in [1.807, 2.05) is 0 Å². The van der Waals surface area contributed by atoms with E-state index in [1.54, 1.807) is 0 Å². The van der Waals surface area contributed by atoms with Crippen LogP contribution < -0.4 is 5.73 Å². The van der Waals surface area contributed by atoms with E-state index in [4.69, 9.17) is 5.73 Å². The summed E-state index contributed by atoms with van der Waals surface area (Å²) in [5.74, 6) is 2.66. The predicted molar refractivity (Wildman–Crippen MR) is 90.6 cm³/mol. The third-order valence-electron chi connectivity index (χ3n) is 5.10. The maximum Gasteiger partial charge on any atom is 0.00412 e. The van der Waals surface area contributed by atoms with Gasteiger partial charge in [0.05, 0.1) is 0 Å². The molecule has 0 aromatic heterocycles. The van der Waals surface area contributed by atoms with Crippen LogP contribution in [0.3, 0.4) is 0 Å². The maximum atomic E-state index is 6.17. The second-order valence-corrected chi connectivity index (χ2v) is 7.04. The Labute approximate surface area is 126 Å². The molecule has 0 amide bonds. The van der Waals surface area contributed by atoms with Gasteiger partial charge in [-0.2, -0.15) is 0 Å². The number of nitrogens with two attached hydrogens (primary N) is 1. The van der Waals surface area contributed by atoms with Crippen LogP contribution in [-0.2, 0) is 0 Å². The van der Waals surface area contributed by atoms with Gasteiger partial charge in [0.1, 0.15) is 0 Å². The Morgan fingerprint density at radius 3 is 2.60 bits per heavy atom. The first-order chi connectivity index (χ1) is 9.49. The van der Waals surface area contributed by atoms with Crippen LogP contribution in [0.1, 0.15) is 65.7 Å². The van der Waals surface area contributed by atoms with E-state index in [9.17, 15) is 0 Å². The van der Waals surface area contributed by atoms with Crippen LogP contribution in [0.5, 0.6) is 0 Å². The fourth-order valence-corrected chi connectivity index (χ4v) is 3.95. The minimum atomic E-state index is 0.378. The van der Waals surface area contributed by atoms with Crippen molar-refractivity contribution in [2.24, 2.45) is 29.4 Å². The fourth-order valence-electron chi connectivity index (χ4n) is 3.95. The van der Waals surface area contributed by atoms with Crippen molar-refractivity contribution < 1.29 is 0 Å². The molecular weight excluding hydrogens is 242 g/mol. The lowest BCUT2D eigenvalue weighted by atomic mass is 9.79. The first kappa shape index (κ1) is 17.5. The highest BCUT2D eigenvalue weighted by molar-refractivity contribution is 5.11. The van der Waals surface area contributed by atoms with Crippen LogP contribution in [-0.4, -0.2) is 6.04 Å². The Bertz CT molecular complexity index is 307. The van der Waals surface area contributed by atoms with Crippen LogP contribution in [0.2, 0.25) is 0 Å². The van der Waals surface area contributed by atoms with Crippen molar-refractivity contribution in [1.29, 1.82) is 0 Å². The van der Waals surface area contributed by atoms with E-state index in [1.165, 1.54) is 37.7 Å². The molecule has 1 aliphatic rings. The lowest BCUT2D eigenvalue weighted by Gasteiger charge is -2.27. The van der Waals surface area contributed by atoms with Crippen molar-refractivity contribution in [2.75, 3.05) is 0 Å². The molecule has 0 bridgehead atoms. The summed E-state index contributed by atoms with van der Waals surface area (Å²) in [6, 6.07) is 0.378. The summed E-state index contributed by atoms with van der Waals surface area (Å²) in [7, 11) is 0. The van der Waals surface area contributed by atoms with Gasteiger partial charge in [-0.05, 0) is 55.8 Å². The van der Waals surface area contributed by atoms with Gasteiger partial charge in [0.25, 0.3) is 0 Å². The van der Waals surface area contributed by atoms with Crippen molar-refractivity contribution in [2.45, 2.75) is 71.8 Å². The first-order valence-corrected chi connectivity index (χ1v) is 8.56. The third kappa shape index (κ3) is 5.09. The summed E-state index contributed by atoms with van der Waals surface area (Å²) in [6.45, 7) is 15.3. The Morgan fingerprint density at radius 2 is 2.00 bits per heavy atom. The van der Waals surface area contributed by atoms with Crippen molar-refractivity contribution >= 4 is 0 Å². The molecule has 0 aliphatic heterocycles. The molecule has 0 saturated heterocycles. The van der Waals surface area contributed by atoms with Crippen LogP contribution in [0.25, 0.3) is 0 Å². The monoisotopic (exact) mass is 277 g/mol. The molecule has 5 unspecified atom stereocenters. The average Bonchev–Trinajstić information content (AvgIpc) is 2.85. The minimum Gasteiger partial charge on any atom is -0.328 e. The minimum absolute atomic E-state index is 0.378. The van der Waals surface area contributed by atoms with Gasteiger partial charge >= 0.3 is 0 Å². The lowest BCUT2D eigenvalue weighted by molar-refractivity contribution is 0.360. The Hall–Kier alpha value is -0.560. The van der Waals surface area contributed by atoms with Crippen LogP contribution >= 0.6 is 0 Å². The molecule has 0 spiro atoms. The molecule has 5 atom stereocenters. The SMILES string of the molecule is C=CC1CCCC1C(=C)C(C)CC(C)CC(N)CCC. The van der Waals surface area contributed by atoms with E-state index in [0.29, 0.717) is 29.7 Å². The third-order valence-corrected chi connectivity index (χ3v) is 5.10. The highest BCUT2D eigenvalue weighted by Crippen LogP contribution is 2.40. The van der Waals surface area contributed by atoms with Crippen molar-refractivity contribution in [3.8, 4) is 0 Å². The van der Waals surface area contributed by atoms with Gasteiger partial charge in [-0.3, -0.25) is 0 Å². The normalized spacial score (nSPS) is 27.0. The standard InChI is InChI=1S/C19H35N/c1-6-9-18(20)13-14(3)12-15(4)16(5)19-11-8-10-17(19)7-2/h7,14-15,17-19H,2,5-6,8-13,20H2,1,3-4H3. The molecule has 1 nitrogen and oxygen atoms in total. The maximum absolute atomic E-state index is 6.17. The van der Waals surface area contributed by atoms with Gasteiger partial charge in [-0.15, -0.1) is 6.58 Å². The van der Waals surface area contributed by atoms with E-state index >= 15 is 0 Å². The zero-order valence-corrected chi connectivity index (χ0v) is 13.9. The zero-order chi connectivity index (χ0) is 15.1. The van der Waals surface area contributed by atoms with Gasteiger partial charge in [0, 0.05) is 6.04 Å². The smallest absolute Gasteiger partial charge is 0.00412 e. The summed E-state index contributed by atoms with van der Waals surface area (Å²) in [6.07, 6.45) is 10.8. The number of hydrogen-bond acceptors (Lipinski definition) is 1. The van der Waals surface area contributed by atoms with Gasteiger partial charge in [0.15, 0.2) is 0 Å². The Kier molecular flexibility index (Phi) is 7.58. The van der Waals surface area contributed by atoms with Crippen molar-refractivity contribution in [1.82, 2.24) is 0 Å². The largest absolute Gasteiger partial charge is 0.328 e. The second kappa shape index (κ2) is 8.67. The fraction of sp³-hybridized carbons (Fsp3) is 0.789. The molecule has 1 saturated carbocycles. The number of rotatable bonds is 9. The second-order valence-electron chi connectivity index (χ2n) is 7.04. The van der Waals surface area contributed by atoms with Gasteiger partial charge in [-0.25, -0.2) is 0 Å². The quantitative estimate of drug-likeness (QED) is 0.567. The molecule has 0 aromatic rings. The zero-order valence-electron chi connectivity index (χ0n) is 13.9. The molecule has 1 heteroatoms. The molecular formula is C19H35N. The van der Waals surface area contributed by atoms with Crippen LogP contribution in [0.4, 0.5) is 0 Å². The van der Waals surface area contributed by atoms with Crippen molar-refractivity contribution in [3.05, 3.63) is 24.8 Å². The average molecular weight is 277 g/mol. The van der Waals surface area contributed by atoms with Crippen molar-refractivity contribution in [3.63, 3.8) is 0 Å². The molecule has 0 radical (unpaired) electrons. The number of allylic oxidation sites excluding steroid dienone is 2. The van der Waals surface area contributed by atoms with E-state index in [2.05, 4.69) is 40.0 Å². The molecule has 116 valence electrons. The van der Waals surface area contributed by atoms with E-state index in [0.717, 1.165) is 12.8 Å². The van der Waals surface area contributed by atoms with E-state index in [-0.39, 0.29) is 0 Å². The predicted octanol–water partition coefficient (Wildman–Crippen LogP) is 5.32. The van der Waals surface area contributed by atoms with Gasteiger partial charge in [-0.1, -0.05) is 51.8 Å². The Balaban J connectivity index is 2.42.